The largest absolute Gasteiger partial charge is 0.341 e. The lowest BCUT2D eigenvalue weighted by Gasteiger charge is -2.20. The number of hydrogen-bond acceptors (Lipinski definition) is 4. The second kappa shape index (κ2) is 5.99. The molecule has 0 saturated heterocycles. The van der Waals surface area contributed by atoms with Crippen LogP contribution in [0.5, 0.6) is 0 Å². The first-order valence-corrected chi connectivity index (χ1v) is 9.14. The summed E-state index contributed by atoms with van der Waals surface area (Å²) in [6, 6.07) is 6.09. The van der Waals surface area contributed by atoms with E-state index in [1.807, 2.05) is 30.7 Å². The smallest absolute Gasteiger partial charge is 0.139 e. The normalized spacial score (nSPS) is 16.3. The van der Waals surface area contributed by atoms with Crippen molar-refractivity contribution in [3.63, 3.8) is 0 Å². The highest BCUT2D eigenvalue weighted by Crippen LogP contribution is 2.41. The number of pyridine rings is 2. The Balaban J connectivity index is 1.62. The van der Waals surface area contributed by atoms with Crippen LogP contribution in [0.4, 0.5) is 11.5 Å². The van der Waals surface area contributed by atoms with Crippen molar-refractivity contribution < 1.29 is 0 Å². The first-order chi connectivity index (χ1) is 12.4. The van der Waals surface area contributed by atoms with Gasteiger partial charge in [0.1, 0.15) is 17.3 Å². The second-order valence-corrected chi connectivity index (χ2v) is 7.06. The van der Waals surface area contributed by atoms with Crippen molar-refractivity contribution >= 4 is 11.5 Å². The summed E-state index contributed by atoms with van der Waals surface area (Å²) in [7, 11) is 0. The third kappa shape index (κ3) is 2.60. The van der Waals surface area contributed by atoms with Crippen molar-refractivity contribution in [3.8, 4) is 22.5 Å². The number of H-pyrrole nitrogens is 1. The SMILES string of the molecule is c1cnc2c(c1)-c1nc(CC3CCCCC3)[nH]c1-c1ccncc1N2. The van der Waals surface area contributed by atoms with Gasteiger partial charge in [-0.25, -0.2) is 9.97 Å². The maximum absolute atomic E-state index is 4.99. The molecule has 5 nitrogen and oxygen atoms in total. The molecule has 1 fully saturated rings. The van der Waals surface area contributed by atoms with Crippen molar-refractivity contribution in [2.45, 2.75) is 38.5 Å². The molecule has 4 heterocycles. The van der Waals surface area contributed by atoms with Crippen molar-refractivity contribution in [2.75, 3.05) is 5.32 Å². The minimum absolute atomic E-state index is 0.756. The van der Waals surface area contributed by atoms with Crippen LogP contribution in [-0.4, -0.2) is 19.9 Å². The van der Waals surface area contributed by atoms with Crippen molar-refractivity contribution in [1.29, 1.82) is 0 Å². The number of aromatic amines is 1. The molecule has 25 heavy (non-hydrogen) atoms. The summed E-state index contributed by atoms with van der Waals surface area (Å²) >= 11 is 0. The first-order valence-electron chi connectivity index (χ1n) is 9.14. The van der Waals surface area contributed by atoms with E-state index >= 15 is 0 Å². The fourth-order valence-electron chi connectivity index (χ4n) is 4.11. The highest BCUT2D eigenvalue weighted by molar-refractivity contribution is 5.94. The van der Waals surface area contributed by atoms with Crippen LogP contribution < -0.4 is 5.32 Å². The lowest BCUT2D eigenvalue weighted by molar-refractivity contribution is 0.352. The summed E-state index contributed by atoms with van der Waals surface area (Å²) in [5, 5.41) is 3.40. The van der Waals surface area contributed by atoms with Gasteiger partial charge in [-0.1, -0.05) is 32.1 Å². The quantitative estimate of drug-likeness (QED) is 0.558. The Labute approximate surface area is 147 Å². The summed E-state index contributed by atoms with van der Waals surface area (Å²) in [6.07, 6.45) is 13.3. The van der Waals surface area contributed by atoms with E-state index in [9.17, 15) is 0 Å². The molecule has 0 spiro atoms. The minimum atomic E-state index is 0.756. The van der Waals surface area contributed by atoms with Crippen LogP contribution in [0.25, 0.3) is 22.5 Å². The highest BCUT2D eigenvalue weighted by atomic mass is 15.0. The Morgan fingerprint density at radius 3 is 2.88 bits per heavy atom. The van der Waals surface area contributed by atoms with Crippen molar-refractivity contribution in [1.82, 2.24) is 19.9 Å². The van der Waals surface area contributed by atoms with Gasteiger partial charge in [0.05, 0.1) is 17.6 Å². The van der Waals surface area contributed by atoms with Gasteiger partial charge in [0.25, 0.3) is 0 Å². The second-order valence-electron chi connectivity index (χ2n) is 7.06. The Kier molecular flexibility index (Phi) is 3.51. The minimum Gasteiger partial charge on any atom is -0.341 e. The predicted molar refractivity (Wildman–Crippen MR) is 98.6 cm³/mol. The molecule has 0 amide bonds. The van der Waals surface area contributed by atoms with E-state index in [2.05, 4.69) is 26.3 Å². The maximum atomic E-state index is 4.99. The van der Waals surface area contributed by atoms with Crippen LogP contribution in [0.2, 0.25) is 0 Å². The van der Waals surface area contributed by atoms with E-state index in [4.69, 9.17) is 4.98 Å². The lowest BCUT2D eigenvalue weighted by Crippen LogP contribution is -2.10. The van der Waals surface area contributed by atoms with E-state index in [1.54, 1.807) is 0 Å². The topological polar surface area (TPSA) is 66.5 Å². The number of nitrogens with zero attached hydrogens (tertiary/aromatic N) is 3. The van der Waals surface area contributed by atoms with Crippen molar-refractivity contribution in [3.05, 3.63) is 42.6 Å². The molecule has 0 radical (unpaired) electrons. The van der Waals surface area contributed by atoms with Crippen LogP contribution in [0.15, 0.2) is 36.8 Å². The van der Waals surface area contributed by atoms with Crippen LogP contribution in [-0.2, 0) is 6.42 Å². The van der Waals surface area contributed by atoms with Gasteiger partial charge < -0.3 is 10.3 Å². The van der Waals surface area contributed by atoms with E-state index in [-0.39, 0.29) is 0 Å². The van der Waals surface area contributed by atoms with Gasteiger partial charge in [-0.15, -0.1) is 0 Å². The van der Waals surface area contributed by atoms with E-state index in [1.165, 1.54) is 32.1 Å². The molecule has 2 aliphatic rings. The Bertz CT molecular complexity index is 845. The van der Waals surface area contributed by atoms with Gasteiger partial charge in [-0.05, 0) is 24.1 Å². The first kappa shape index (κ1) is 14.6. The van der Waals surface area contributed by atoms with Gasteiger partial charge in [0.15, 0.2) is 0 Å². The van der Waals surface area contributed by atoms with Crippen LogP contribution in [0.1, 0.15) is 37.9 Å². The van der Waals surface area contributed by atoms with Gasteiger partial charge in [-0.2, -0.15) is 0 Å². The molecule has 3 aromatic heterocycles. The van der Waals surface area contributed by atoms with Crippen LogP contribution >= 0.6 is 0 Å². The zero-order valence-electron chi connectivity index (χ0n) is 14.1. The Morgan fingerprint density at radius 2 is 1.96 bits per heavy atom. The molecule has 126 valence electrons. The summed E-state index contributed by atoms with van der Waals surface area (Å²) < 4.78 is 0. The zero-order chi connectivity index (χ0) is 16.6. The van der Waals surface area contributed by atoms with E-state index in [0.717, 1.165) is 52.2 Å². The molecule has 1 aliphatic heterocycles. The number of aromatic nitrogens is 4. The van der Waals surface area contributed by atoms with Gasteiger partial charge in [-0.3, -0.25) is 4.98 Å². The molecular weight excluding hydrogens is 310 g/mol. The number of anilines is 2. The van der Waals surface area contributed by atoms with Crippen molar-refractivity contribution in [2.24, 2.45) is 5.92 Å². The molecule has 5 rings (SSSR count). The fourth-order valence-corrected chi connectivity index (χ4v) is 4.11. The average Bonchev–Trinajstić information content (AvgIpc) is 3.01. The molecule has 0 unspecified atom stereocenters. The van der Waals surface area contributed by atoms with Gasteiger partial charge >= 0.3 is 0 Å². The Morgan fingerprint density at radius 1 is 1.04 bits per heavy atom. The number of nitrogens with one attached hydrogen (secondary N) is 2. The fraction of sp³-hybridized carbons (Fsp3) is 0.350. The molecule has 2 N–H and O–H groups in total. The molecular formula is C20H21N5. The average molecular weight is 331 g/mol. The number of imidazole rings is 1. The molecule has 0 atom stereocenters. The van der Waals surface area contributed by atoms with E-state index < -0.39 is 0 Å². The Hall–Kier alpha value is -2.69. The van der Waals surface area contributed by atoms with Crippen LogP contribution in [0.3, 0.4) is 0 Å². The number of fused-ring (bicyclic) bond motifs is 5. The highest BCUT2D eigenvalue weighted by Gasteiger charge is 2.24. The number of rotatable bonds is 2. The van der Waals surface area contributed by atoms with Gasteiger partial charge in [0.2, 0.25) is 0 Å². The van der Waals surface area contributed by atoms with Crippen LogP contribution in [0, 0.1) is 5.92 Å². The van der Waals surface area contributed by atoms with Gasteiger partial charge in [0, 0.05) is 29.9 Å². The van der Waals surface area contributed by atoms with E-state index in [0.29, 0.717) is 0 Å². The lowest BCUT2D eigenvalue weighted by atomic mass is 9.87. The number of hydrogen-bond donors (Lipinski definition) is 2. The third-order valence-corrected chi connectivity index (χ3v) is 5.37. The predicted octanol–water partition coefficient (Wildman–Crippen LogP) is 4.71. The standard InChI is InChI=1S/C20H21N5/c1-2-5-13(6-3-1)11-17-24-18-14-8-10-21-12-16(14)23-20-15(19(18)25-17)7-4-9-22-20/h4,7-10,12-13H,1-3,5-6,11H2,(H,22,23)(H,24,25). The summed E-state index contributed by atoms with van der Waals surface area (Å²) in [4.78, 5) is 17.4. The molecule has 1 aliphatic carbocycles. The molecule has 5 heteroatoms. The molecule has 1 saturated carbocycles. The summed E-state index contributed by atoms with van der Waals surface area (Å²) in [6.45, 7) is 0. The summed E-state index contributed by atoms with van der Waals surface area (Å²) in [5.41, 5.74) is 5.17. The summed E-state index contributed by atoms with van der Waals surface area (Å²) in [5.74, 6) is 2.69. The maximum Gasteiger partial charge on any atom is 0.139 e. The monoisotopic (exact) mass is 331 g/mol. The zero-order valence-corrected chi connectivity index (χ0v) is 14.1. The molecule has 0 aromatic carbocycles. The third-order valence-electron chi connectivity index (χ3n) is 5.37. The molecule has 3 aromatic rings. The molecule has 0 bridgehead atoms.